The Morgan fingerprint density at radius 1 is 1.10 bits per heavy atom. The van der Waals surface area contributed by atoms with Gasteiger partial charge in [0.1, 0.15) is 6.04 Å². The summed E-state index contributed by atoms with van der Waals surface area (Å²) >= 11 is 0. The summed E-state index contributed by atoms with van der Waals surface area (Å²) < 4.78 is 39.1. The molecule has 2 N–H and O–H groups in total. The molecule has 8 heteroatoms. The monoisotopic (exact) mass is 421 g/mol. The van der Waals surface area contributed by atoms with Crippen LogP contribution >= 0.6 is 0 Å². The fraction of sp³-hybridized carbons (Fsp3) is 0.591. The number of nitrogens with one attached hydrogen (secondary N) is 2. The van der Waals surface area contributed by atoms with E-state index < -0.39 is 23.7 Å². The van der Waals surface area contributed by atoms with Crippen molar-refractivity contribution in [1.29, 1.82) is 0 Å². The lowest BCUT2D eigenvalue weighted by molar-refractivity contribution is -0.148. The molecule has 1 aromatic carbocycles. The lowest BCUT2D eigenvalue weighted by Gasteiger charge is -2.55. The fourth-order valence-corrected chi connectivity index (χ4v) is 5.93. The number of hydrogen-bond donors (Lipinski definition) is 2. The summed E-state index contributed by atoms with van der Waals surface area (Å²) in [6.45, 7) is 1.56. The molecule has 4 aliphatic carbocycles. The van der Waals surface area contributed by atoms with E-state index >= 15 is 0 Å². The zero-order chi connectivity index (χ0) is 21.5. The first kappa shape index (κ1) is 20.9. The van der Waals surface area contributed by atoms with Crippen LogP contribution in [0.4, 0.5) is 13.2 Å². The molecule has 5 rings (SSSR count). The van der Waals surface area contributed by atoms with Gasteiger partial charge in [0.25, 0.3) is 5.91 Å². The van der Waals surface area contributed by atoms with E-state index in [1.54, 1.807) is 6.92 Å². The SMILES string of the molecule is C[C@@H](NC(=O)C12CC3CC(CC(C3)C1)C2)C(=O)N/N=C\c1ccccc1C(F)(F)F. The molecule has 0 aliphatic heterocycles. The summed E-state index contributed by atoms with van der Waals surface area (Å²) in [5.74, 6) is 1.21. The van der Waals surface area contributed by atoms with Crippen LogP contribution in [0.1, 0.15) is 56.6 Å². The van der Waals surface area contributed by atoms with E-state index in [1.807, 2.05) is 0 Å². The molecule has 0 saturated heterocycles. The zero-order valence-electron chi connectivity index (χ0n) is 16.8. The minimum Gasteiger partial charge on any atom is -0.344 e. The average molecular weight is 421 g/mol. The van der Waals surface area contributed by atoms with Crippen molar-refractivity contribution >= 4 is 18.0 Å². The maximum atomic E-state index is 13.0. The van der Waals surface area contributed by atoms with Crippen molar-refractivity contribution in [3.63, 3.8) is 0 Å². The third kappa shape index (κ3) is 4.09. The highest BCUT2D eigenvalue weighted by Crippen LogP contribution is 2.60. The molecular weight excluding hydrogens is 395 g/mol. The molecule has 0 aromatic heterocycles. The van der Waals surface area contributed by atoms with Crippen molar-refractivity contribution < 1.29 is 22.8 Å². The Morgan fingerprint density at radius 2 is 1.67 bits per heavy atom. The minimum absolute atomic E-state index is 0.0735. The zero-order valence-corrected chi connectivity index (χ0v) is 16.8. The van der Waals surface area contributed by atoms with Crippen molar-refractivity contribution in [3.05, 3.63) is 35.4 Å². The van der Waals surface area contributed by atoms with Gasteiger partial charge in [-0.25, -0.2) is 5.43 Å². The van der Waals surface area contributed by atoms with Crippen LogP contribution < -0.4 is 10.7 Å². The largest absolute Gasteiger partial charge is 0.417 e. The number of carbonyl (C=O) groups is 2. The Morgan fingerprint density at radius 3 is 2.23 bits per heavy atom. The average Bonchev–Trinajstić information content (AvgIpc) is 2.66. The lowest BCUT2D eigenvalue weighted by Crippen LogP contribution is -2.56. The molecule has 162 valence electrons. The van der Waals surface area contributed by atoms with Crippen LogP contribution in [0, 0.1) is 23.2 Å². The Balaban J connectivity index is 1.35. The quantitative estimate of drug-likeness (QED) is 0.560. The van der Waals surface area contributed by atoms with E-state index in [0.717, 1.165) is 31.5 Å². The second-order valence-electron chi connectivity index (χ2n) is 9.21. The number of carbonyl (C=O) groups excluding carboxylic acids is 2. The van der Waals surface area contributed by atoms with Crippen molar-refractivity contribution in [2.24, 2.45) is 28.3 Å². The normalized spacial score (nSPS) is 31.0. The standard InChI is InChI=1S/C22H26F3N3O2/c1-13(19(29)28-26-12-17-4-2-3-5-18(17)22(23,24)25)27-20(30)21-9-14-6-15(10-21)8-16(7-14)11-21/h2-5,12-16H,6-11H2,1H3,(H,27,30)(H,28,29)/b26-12-/t13-,14?,15?,16?,21?/m1/s1. The van der Waals surface area contributed by atoms with Gasteiger partial charge in [-0.05, 0) is 69.3 Å². The predicted octanol–water partition coefficient (Wildman–Crippen LogP) is 3.88. The Labute approximate surface area is 173 Å². The number of halogens is 3. The van der Waals surface area contributed by atoms with E-state index in [4.69, 9.17) is 0 Å². The van der Waals surface area contributed by atoms with Gasteiger partial charge in [0.2, 0.25) is 5.91 Å². The molecule has 30 heavy (non-hydrogen) atoms. The summed E-state index contributed by atoms with van der Waals surface area (Å²) in [5.41, 5.74) is 0.904. The molecule has 0 spiro atoms. The molecule has 4 aliphatic rings. The lowest BCUT2D eigenvalue weighted by atomic mass is 9.49. The molecule has 1 atom stereocenters. The first-order chi connectivity index (χ1) is 14.2. The maximum absolute atomic E-state index is 13.0. The van der Waals surface area contributed by atoms with Crippen LogP contribution in [-0.4, -0.2) is 24.1 Å². The van der Waals surface area contributed by atoms with Crippen LogP contribution in [0.2, 0.25) is 0 Å². The smallest absolute Gasteiger partial charge is 0.344 e. The van der Waals surface area contributed by atoms with Gasteiger partial charge in [-0.1, -0.05) is 18.2 Å². The molecule has 0 unspecified atom stereocenters. The van der Waals surface area contributed by atoms with Gasteiger partial charge < -0.3 is 5.32 Å². The molecule has 4 saturated carbocycles. The molecule has 1 aromatic rings. The van der Waals surface area contributed by atoms with Crippen LogP contribution in [0.3, 0.4) is 0 Å². The molecule has 4 fully saturated rings. The maximum Gasteiger partial charge on any atom is 0.417 e. The highest BCUT2D eigenvalue weighted by molar-refractivity contribution is 5.91. The van der Waals surface area contributed by atoms with Crippen LogP contribution in [0.15, 0.2) is 29.4 Å². The van der Waals surface area contributed by atoms with Gasteiger partial charge in [-0.2, -0.15) is 18.3 Å². The number of alkyl halides is 3. The second kappa shape index (κ2) is 7.71. The van der Waals surface area contributed by atoms with Crippen LogP contribution in [0.5, 0.6) is 0 Å². The highest BCUT2D eigenvalue weighted by Gasteiger charge is 2.54. The van der Waals surface area contributed by atoms with Crippen LogP contribution in [-0.2, 0) is 15.8 Å². The summed E-state index contributed by atoms with van der Waals surface area (Å²) in [7, 11) is 0. The Kier molecular flexibility index (Phi) is 5.36. The van der Waals surface area contributed by atoms with E-state index in [-0.39, 0.29) is 16.9 Å². The third-order valence-corrected chi connectivity index (χ3v) is 6.91. The minimum atomic E-state index is -4.51. The fourth-order valence-electron chi connectivity index (χ4n) is 5.93. The van der Waals surface area contributed by atoms with Crippen molar-refractivity contribution in [3.8, 4) is 0 Å². The number of nitrogens with zero attached hydrogens (tertiary/aromatic N) is 1. The van der Waals surface area contributed by atoms with Gasteiger partial charge in [0.05, 0.1) is 11.8 Å². The summed E-state index contributed by atoms with van der Waals surface area (Å²) in [6.07, 6.45) is 2.80. The molecule has 5 nitrogen and oxygen atoms in total. The number of benzene rings is 1. The van der Waals surface area contributed by atoms with E-state index in [2.05, 4.69) is 15.8 Å². The highest BCUT2D eigenvalue weighted by atomic mass is 19.4. The summed E-state index contributed by atoms with van der Waals surface area (Å²) in [5, 5.41) is 6.48. The number of amides is 2. The topological polar surface area (TPSA) is 70.6 Å². The van der Waals surface area contributed by atoms with Gasteiger partial charge in [0, 0.05) is 11.0 Å². The predicted molar refractivity (Wildman–Crippen MR) is 105 cm³/mol. The number of hydrazone groups is 1. The van der Waals surface area contributed by atoms with Gasteiger partial charge >= 0.3 is 6.18 Å². The summed E-state index contributed by atoms with van der Waals surface area (Å²) in [6, 6.07) is 4.17. The first-order valence-corrected chi connectivity index (χ1v) is 10.5. The Bertz CT molecular complexity index is 830. The molecule has 2 amide bonds. The van der Waals surface area contributed by atoms with Gasteiger partial charge in [-0.15, -0.1) is 0 Å². The van der Waals surface area contributed by atoms with Gasteiger partial charge in [0.15, 0.2) is 0 Å². The van der Waals surface area contributed by atoms with Crippen molar-refractivity contribution in [1.82, 2.24) is 10.7 Å². The van der Waals surface area contributed by atoms with Crippen LogP contribution in [0.25, 0.3) is 0 Å². The second-order valence-corrected chi connectivity index (χ2v) is 9.21. The molecule has 0 radical (unpaired) electrons. The van der Waals surface area contributed by atoms with E-state index in [1.165, 1.54) is 37.5 Å². The Hall–Kier alpha value is -2.38. The number of hydrogen-bond acceptors (Lipinski definition) is 3. The van der Waals surface area contributed by atoms with E-state index in [0.29, 0.717) is 17.8 Å². The molecule has 4 bridgehead atoms. The molecule has 0 heterocycles. The van der Waals surface area contributed by atoms with Crippen molar-refractivity contribution in [2.75, 3.05) is 0 Å². The number of rotatable bonds is 5. The van der Waals surface area contributed by atoms with Gasteiger partial charge in [-0.3, -0.25) is 9.59 Å². The van der Waals surface area contributed by atoms with E-state index in [9.17, 15) is 22.8 Å². The third-order valence-electron chi connectivity index (χ3n) is 6.91. The molecular formula is C22H26F3N3O2. The first-order valence-electron chi connectivity index (χ1n) is 10.5. The van der Waals surface area contributed by atoms with Crippen molar-refractivity contribution in [2.45, 2.75) is 57.7 Å². The summed E-state index contributed by atoms with van der Waals surface area (Å²) in [4.78, 5) is 25.3.